The Bertz CT molecular complexity index is 1010. The molecule has 23 heavy (non-hydrogen) atoms. The summed E-state index contributed by atoms with van der Waals surface area (Å²) in [6.45, 7) is 6.48. The van der Waals surface area contributed by atoms with Gasteiger partial charge in [0, 0.05) is 22.5 Å². The van der Waals surface area contributed by atoms with Gasteiger partial charge in [-0.25, -0.2) is 0 Å². The molecule has 0 N–H and O–H groups in total. The standard InChI is InChI=1S/C21H19NO/c1-13(2)15-7-8-16-17-5-4-6-18(21(17)23-20(16)12-15)19-11-14(3)9-10-22-19/h4-13H,1-3H3. The summed E-state index contributed by atoms with van der Waals surface area (Å²) in [5.74, 6) is 0.491. The number of nitrogens with zero attached hydrogens (tertiary/aromatic N) is 1. The van der Waals surface area contributed by atoms with Crippen LogP contribution in [0.25, 0.3) is 33.2 Å². The molecule has 2 aromatic carbocycles. The molecule has 0 unspecified atom stereocenters. The van der Waals surface area contributed by atoms with Crippen LogP contribution in [-0.4, -0.2) is 4.98 Å². The monoisotopic (exact) mass is 301 g/mol. The minimum atomic E-state index is 0.491. The molecule has 0 saturated heterocycles. The van der Waals surface area contributed by atoms with Gasteiger partial charge in [0.25, 0.3) is 0 Å². The first-order valence-electron chi connectivity index (χ1n) is 8.01. The van der Waals surface area contributed by atoms with Gasteiger partial charge in [-0.1, -0.05) is 38.1 Å². The number of para-hydroxylation sites is 1. The van der Waals surface area contributed by atoms with Crippen molar-refractivity contribution in [3.63, 3.8) is 0 Å². The molecule has 2 nitrogen and oxygen atoms in total. The van der Waals surface area contributed by atoms with Gasteiger partial charge >= 0.3 is 0 Å². The van der Waals surface area contributed by atoms with Crippen molar-refractivity contribution < 1.29 is 4.42 Å². The summed E-state index contributed by atoms with van der Waals surface area (Å²) in [6.07, 6.45) is 1.85. The second-order valence-electron chi connectivity index (χ2n) is 6.41. The fourth-order valence-electron chi connectivity index (χ4n) is 3.06. The van der Waals surface area contributed by atoms with E-state index in [-0.39, 0.29) is 0 Å². The second kappa shape index (κ2) is 5.24. The number of hydrogen-bond acceptors (Lipinski definition) is 2. The molecule has 114 valence electrons. The average Bonchev–Trinajstić information content (AvgIpc) is 2.92. The maximum atomic E-state index is 6.23. The van der Waals surface area contributed by atoms with Crippen LogP contribution >= 0.6 is 0 Å². The molecular formula is C21H19NO. The summed E-state index contributed by atoms with van der Waals surface area (Å²) in [6, 6.07) is 16.9. The number of aryl methyl sites for hydroxylation is 1. The van der Waals surface area contributed by atoms with E-state index in [1.807, 2.05) is 12.3 Å². The minimum absolute atomic E-state index is 0.491. The highest BCUT2D eigenvalue weighted by atomic mass is 16.3. The predicted molar refractivity (Wildman–Crippen MR) is 95.8 cm³/mol. The van der Waals surface area contributed by atoms with Gasteiger partial charge in [-0.15, -0.1) is 0 Å². The summed E-state index contributed by atoms with van der Waals surface area (Å²) in [4.78, 5) is 4.52. The first-order chi connectivity index (χ1) is 11.1. The van der Waals surface area contributed by atoms with Crippen LogP contribution in [0, 0.1) is 6.92 Å². The number of benzene rings is 2. The quantitative estimate of drug-likeness (QED) is 0.448. The number of aromatic nitrogens is 1. The highest BCUT2D eigenvalue weighted by molar-refractivity contribution is 6.09. The number of fused-ring (bicyclic) bond motifs is 3. The third kappa shape index (κ3) is 2.31. The Morgan fingerprint density at radius 3 is 2.61 bits per heavy atom. The lowest BCUT2D eigenvalue weighted by Gasteiger charge is -2.03. The van der Waals surface area contributed by atoms with Crippen LogP contribution in [0.3, 0.4) is 0 Å². The van der Waals surface area contributed by atoms with Crippen molar-refractivity contribution in [1.29, 1.82) is 0 Å². The molecule has 0 aliphatic heterocycles. The first kappa shape index (κ1) is 14.0. The van der Waals surface area contributed by atoms with Gasteiger partial charge in [-0.3, -0.25) is 4.98 Å². The Labute approximate surface area is 135 Å². The molecule has 2 aromatic heterocycles. The molecule has 2 heterocycles. The van der Waals surface area contributed by atoms with Crippen LogP contribution < -0.4 is 0 Å². The van der Waals surface area contributed by atoms with E-state index in [0.717, 1.165) is 27.8 Å². The maximum Gasteiger partial charge on any atom is 0.144 e. The lowest BCUT2D eigenvalue weighted by molar-refractivity contribution is 0.668. The van der Waals surface area contributed by atoms with Crippen molar-refractivity contribution in [2.24, 2.45) is 0 Å². The van der Waals surface area contributed by atoms with Crippen molar-refractivity contribution >= 4 is 21.9 Å². The van der Waals surface area contributed by atoms with Crippen LogP contribution in [0.5, 0.6) is 0 Å². The zero-order chi connectivity index (χ0) is 16.0. The van der Waals surface area contributed by atoms with Crippen molar-refractivity contribution in [1.82, 2.24) is 4.98 Å². The second-order valence-corrected chi connectivity index (χ2v) is 6.41. The molecule has 0 amide bonds. The van der Waals surface area contributed by atoms with E-state index in [2.05, 4.69) is 68.2 Å². The fraction of sp³-hybridized carbons (Fsp3) is 0.190. The molecule has 0 aliphatic rings. The molecule has 4 rings (SSSR count). The highest BCUT2D eigenvalue weighted by Crippen LogP contribution is 2.36. The van der Waals surface area contributed by atoms with Crippen LogP contribution in [-0.2, 0) is 0 Å². The molecule has 0 fully saturated rings. The topological polar surface area (TPSA) is 26.0 Å². The summed E-state index contributed by atoms with van der Waals surface area (Å²) in [7, 11) is 0. The van der Waals surface area contributed by atoms with Crippen molar-refractivity contribution in [2.75, 3.05) is 0 Å². The molecule has 0 atom stereocenters. The number of hydrogen-bond donors (Lipinski definition) is 0. The lowest BCUT2D eigenvalue weighted by Crippen LogP contribution is -1.85. The van der Waals surface area contributed by atoms with E-state index in [1.54, 1.807) is 0 Å². The lowest BCUT2D eigenvalue weighted by atomic mass is 10.0. The smallest absolute Gasteiger partial charge is 0.144 e. The molecule has 0 spiro atoms. The summed E-state index contributed by atoms with van der Waals surface area (Å²) in [5.41, 5.74) is 6.37. The Hall–Kier alpha value is -2.61. The molecular weight excluding hydrogens is 282 g/mol. The van der Waals surface area contributed by atoms with E-state index in [1.165, 1.54) is 16.5 Å². The normalized spacial score (nSPS) is 11.7. The Kier molecular flexibility index (Phi) is 3.19. The average molecular weight is 301 g/mol. The van der Waals surface area contributed by atoms with E-state index >= 15 is 0 Å². The minimum Gasteiger partial charge on any atom is -0.455 e. The third-order valence-electron chi connectivity index (χ3n) is 4.38. The number of rotatable bonds is 2. The van der Waals surface area contributed by atoms with Crippen LogP contribution in [0.1, 0.15) is 30.9 Å². The van der Waals surface area contributed by atoms with E-state index in [0.29, 0.717) is 5.92 Å². The molecule has 2 heteroatoms. The van der Waals surface area contributed by atoms with Crippen molar-refractivity contribution in [3.05, 3.63) is 65.9 Å². The van der Waals surface area contributed by atoms with E-state index in [9.17, 15) is 0 Å². The largest absolute Gasteiger partial charge is 0.455 e. The summed E-state index contributed by atoms with van der Waals surface area (Å²) < 4.78 is 6.23. The summed E-state index contributed by atoms with van der Waals surface area (Å²) in [5, 5.41) is 2.31. The molecule has 0 radical (unpaired) electrons. The van der Waals surface area contributed by atoms with Gasteiger partial charge < -0.3 is 4.42 Å². The SMILES string of the molecule is Cc1ccnc(-c2cccc3c2oc2cc(C(C)C)ccc23)c1. The summed E-state index contributed by atoms with van der Waals surface area (Å²) >= 11 is 0. The molecule has 0 saturated carbocycles. The zero-order valence-electron chi connectivity index (χ0n) is 13.6. The Morgan fingerprint density at radius 2 is 1.83 bits per heavy atom. The van der Waals surface area contributed by atoms with E-state index < -0.39 is 0 Å². The predicted octanol–water partition coefficient (Wildman–Crippen LogP) is 6.08. The molecule has 4 aromatic rings. The fourth-order valence-corrected chi connectivity index (χ4v) is 3.06. The van der Waals surface area contributed by atoms with Gasteiger partial charge in [-0.05, 0) is 48.2 Å². The van der Waals surface area contributed by atoms with Gasteiger partial charge in [0.1, 0.15) is 11.2 Å². The van der Waals surface area contributed by atoms with E-state index in [4.69, 9.17) is 4.42 Å². The Balaban J connectivity index is 2.01. The number of pyridine rings is 1. The van der Waals surface area contributed by atoms with Gasteiger partial charge in [0.15, 0.2) is 0 Å². The highest BCUT2D eigenvalue weighted by Gasteiger charge is 2.13. The molecule has 0 aliphatic carbocycles. The van der Waals surface area contributed by atoms with Crippen molar-refractivity contribution in [3.8, 4) is 11.3 Å². The molecule has 0 bridgehead atoms. The van der Waals surface area contributed by atoms with Crippen LogP contribution in [0.4, 0.5) is 0 Å². The van der Waals surface area contributed by atoms with Crippen LogP contribution in [0.15, 0.2) is 59.1 Å². The third-order valence-corrected chi connectivity index (χ3v) is 4.38. The van der Waals surface area contributed by atoms with Gasteiger partial charge in [0.2, 0.25) is 0 Å². The maximum absolute atomic E-state index is 6.23. The van der Waals surface area contributed by atoms with Gasteiger partial charge in [-0.2, -0.15) is 0 Å². The van der Waals surface area contributed by atoms with Crippen molar-refractivity contribution in [2.45, 2.75) is 26.7 Å². The zero-order valence-corrected chi connectivity index (χ0v) is 13.6. The van der Waals surface area contributed by atoms with Crippen LogP contribution in [0.2, 0.25) is 0 Å². The number of furan rings is 1. The Morgan fingerprint density at radius 1 is 0.957 bits per heavy atom. The van der Waals surface area contributed by atoms with Gasteiger partial charge in [0.05, 0.1) is 5.69 Å². The first-order valence-corrected chi connectivity index (χ1v) is 8.01.